The Labute approximate surface area is 210 Å². The number of morpholine rings is 1. The summed E-state index contributed by atoms with van der Waals surface area (Å²) in [5.74, 6) is 0.912. The Morgan fingerprint density at radius 3 is 2.62 bits per heavy atom. The molecule has 7 nitrogen and oxygen atoms in total. The fraction of sp³-hybridized carbons (Fsp3) is 0.667. The van der Waals surface area contributed by atoms with Crippen LogP contribution in [0.15, 0.2) is 29.3 Å². The first-order valence-corrected chi connectivity index (χ1v) is 11.8. The molecule has 0 aromatic heterocycles. The maximum Gasteiger partial charge on any atom is 0.225 e. The molecule has 0 bridgehead atoms. The van der Waals surface area contributed by atoms with Crippen molar-refractivity contribution in [3.05, 3.63) is 29.8 Å². The zero-order valence-electron chi connectivity index (χ0n) is 19.6. The monoisotopic (exact) mass is 557 g/mol. The van der Waals surface area contributed by atoms with Gasteiger partial charge in [0.1, 0.15) is 0 Å². The first kappa shape index (κ1) is 26.9. The topological polar surface area (TPSA) is 78.0 Å². The van der Waals surface area contributed by atoms with Gasteiger partial charge in [0.2, 0.25) is 5.91 Å². The van der Waals surface area contributed by atoms with Crippen molar-refractivity contribution in [1.29, 1.82) is 0 Å². The molecule has 32 heavy (non-hydrogen) atoms. The Morgan fingerprint density at radius 1 is 1.19 bits per heavy atom. The number of hydrogen-bond acceptors (Lipinski definition) is 4. The van der Waals surface area contributed by atoms with E-state index in [0.717, 1.165) is 63.1 Å². The van der Waals surface area contributed by atoms with E-state index in [1.807, 2.05) is 18.2 Å². The molecule has 1 amide bonds. The second-order valence-corrected chi connectivity index (χ2v) is 8.71. The lowest BCUT2D eigenvalue weighted by atomic mass is 9.67. The van der Waals surface area contributed by atoms with E-state index in [1.165, 1.54) is 25.7 Å². The summed E-state index contributed by atoms with van der Waals surface area (Å²) in [5, 5.41) is 9.91. The van der Waals surface area contributed by atoms with Gasteiger partial charge in [0.25, 0.3) is 0 Å². The molecule has 0 unspecified atom stereocenters. The van der Waals surface area contributed by atoms with Crippen LogP contribution in [0.5, 0.6) is 0 Å². The summed E-state index contributed by atoms with van der Waals surface area (Å²) >= 11 is 0. The highest BCUT2D eigenvalue weighted by atomic mass is 127. The minimum atomic E-state index is 0. The Hall–Kier alpha value is -1.39. The van der Waals surface area contributed by atoms with E-state index in [2.05, 4.69) is 40.8 Å². The van der Waals surface area contributed by atoms with Gasteiger partial charge in [-0.25, -0.2) is 4.99 Å². The Morgan fingerprint density at radius 2 is 1.97 bits per heavy atom. The third-order valence-electron chi connectivity index (χ3n) is 6.53. The van der Waals surface area contributed by atoms with Crippen LogP contribution < -0.4 is 16.0 Å². The summed E-state index contributed by atoms with van der Waals surface area (Å²) in [6.07, 6.45) is 5.67. The summed E-state index contributed by atoms with van der Waals surface area (Å²) in [5.41, 5.74) is 2.36. The van der Waals surface area contributed by atoms with Crippen molar-refractivity contribution in [1.82, 2.24) is 15.5 Å². The number of benzene rings is 1. The highest BCUT2D eigenvalue weighted by molar-refractivity contribution is 14.0. The summed E-state index contributed by atoms with van der Waals surface area (Å²) in [4.78, 5) is 19.4. The molecular weight excluding hydrogens is 517 g/mol. The van der Waals surface area contributed by atoms with Crippen LogP contribution in [0.25, 0.3) is 0 Å². The van der Waals surface area contributed by atoms with E-state index in [4.69, 9.17) is 9.73 Å². The van der Waals surface area contributed by atoms with Gasteiger partial charge in [0, 0.05) is 44.8 Å². The van der Waals surface area contributed by atoms with Crippen LogP contribution in [0, 0.1) is 5.41 Å². The predicted octanol–water partition coefficient (Wildman–Crippen LogP) is 3.60. The molecule has 3 rings (SSSR count). The number of aliphatic imine (C=N–C) groups is 1. The molecule has 1 aliphatic carbocycles. The zero-order chi connectivity index (χ0) is 21.9. The predicted molar refractivity (Wildman–Crippen MR) is 142 cm³/mol. The fourth-order valence-electron chi connectivity index (χ4n) is 4.17. The number of guanidine groups is 1. The van der Waals surface area contributed by atoms with Crippen molar-refractivity contribution in [2.75, 3.05) is 51.3 Å². The van der Waals surface area contributed by atoms with Crippen molar-refractivity contribution >= 4 is 41.5 Å². The summed E-state index contributed by atoms with van der Waals surface area (Å²) < 4.78 is 5.35. The maximum atomic E-state index is 12.3. The number of carbonyl (C=O) groups is 1. The van der Waals surface area contributed by atoms with Crippen molar-refractivity contribution in [3.63, 3.8) is 0 Å². The molecule has 0 radical (unpaired) electrons. The Balaban J connectivity index is 0.00000363. The molecule has 0 spiro atoms. The quantitative estimate of drug-likeness (QED) is 0.233. The van der Waals surface area contributed by atoms with Crippen LogP contribution >= 0.6 is 24.0 Å². The van der Waals surface area contributed by atoms with Gasteiger partial charge in [0.05, 0.1) is 19.8 Å². The highest BCUT2D eigenvalue weighted by Gasteiger charge is 2.34. The lowest BCUT2D eigenvalue weighted by Gasteiger charge is -2.41. The van der Waals surface area contributed by atoms with E-state index >= 15 is 0 Å². The van der Waals surface area contributed by atoms with Crippen LogP contribution in [0.1, 0.15) is 51.5 Å². The van der Waals surface area contributed by atoms with E-state index < -0.39 is 0 Å². The number of carbonyl (C=O) groups excluding carboxylic acids is 1. The van der Waals surface area contributed by atoms with Crippen molar-refractivity contribution in [2.45, 2.75) is 52.5 Å². The molecule has 1 aliphatic heterocycles. The van der Waals surface area contributed by atoms with Crippen LogP contribution in [-0.2, 0) is 16.1 Å². The smallest absolute Gasteiger partial charge is 0.225 e. The largest absolute Gasteiger partial charge is 0.379 e. The molecule has 1 heterocycles. The van der Waals surface area contributed by atoms with Gasteiger partial charge in [-0.2, -0.15) is 0 Å². The van der Waals surface area contributed by atoms with Gasteiger partial charge in [-0.05, 0) is 49.3 Å². The molecule has 1 saturated heterocycles. The molecule has 3 N–H and O–H groups in total. The van der Waals surface area contributed by atoms with Crippen LogP contribution in [0.4, 0.5) is 5.69 Å². The number of nitrogens with one attached hydrogen (secondary N) is 3. The Bertz CT molecular complexity index is 727. The molecule has 1 saturated carbocycles. The number of halogens is 1. The lowest BCUT2D eigenvalue weighted by Crippen LogP contribution is -2.46. The molecule has 8 heteroatoms. The molecule has 1 aromatic rings. The number of nitrogens with zero attached hydrogens (tertiary/aromatic N) is 2. The van der Waals surface area contributed by atoms with E-state index in [1.54, 1.807) is 0 Å². The second kappa shape index (κ2) is 14.0. The molecule has 1 aromatic carbocycles. The average Bonchev–Trinajstić information content (AvgIpc) is 2.76. The minimum absolute atomic E-state index is 0. The summed E-state index contributed by atoms with van der Waals surface area (Å²) in [6.45, 7) is 10.9. The normalized spacial score (nSPS) is 18.2. The van der Waals surface area contributed by atoms with Gasteiger partial charge < -0.3 is 20.7 Å². The lowest BCUT2D eigenvalue weighted by molar-refractivity contribution is -0.116. The van der Waals surface area contributed by atoms with Crippen molar-refractivity contribution in [3.8, 4) is 0 Å². The first-order chi connectivity index (χ1) is 15.1. The van der Waals surface area contributed by atoms with E-state index in [9.17, 15) is 4.79 Å². The van der Waals surface area contributed by atoms with Gasteiger partial charge in [-0.15, -0.1) is 24.0 Å². The van der Waals surface area contributed by atoms with E-state index in [-0.39, 0.29) is 29.9 Å². The molecule has 0 atom stereocenters. The van der Waals surface area contributed by atoms with Crippen molar-refractivity contribution in [2.24, 2.45) is 10.4 Å². The van der Waals surface area contributed by atoms with Gasteiger partial charge in [-0.1, -0.05) is 25.5 Å². The molecule has 2 aliphatic rings. The number of ether oxygens (including phenoxy) is 1. The molecule has 180 valence electrons. The molecule has 2 fully saturated rings. The highest BCUT2D eigenvalue weighted by Crippen LogP contribution is 2.42. The standard InChI is InChI=1S/C24H39N5O2.HI/c1-3-24(10-6-11-24)19-27-23(25-4-2)26-18-20-7-5-8-21(17-20)28-22(30)9-12-29-13-15-31-16-14-29;/h5,7-8,17H,3-4,6,9-16,18-19H2,1-2H3,(H,28,30)(H2,25,26,27);1H. The van der Waals surface area contributed by atoms with Crippen LogP contribution in [0.2, 0.25) is 0 Å². The SMILES string of the molecule is CCNC(=NCc1cccc(NC(=O)CCN2CCOCC2)c1)NCC1(CC)CCC1.I. The Kier molecular flexibility index (Phi) is 11.7. The molecular formula is C24H40IN5O2. The third-order valence-corrected chi connectivity index (χ3v) is 6.53. The second-order valence-electron chi connectivity index (χ2n) is 8.71. The number of amides is 1. The maximum absolute atomic E-state index is 12.3. The van der Waals surface area contributed by atoms with Gasteiger partial charge >= 0.3 is 0 Å². The summed E-state index contributed by atoms with van der Waals surface area (Å²) in [7, 11) is 0. The number of rotatable bonds is 10. The van der Waals surface area contributed by atoms with Gasteiger partial charge in [0.15, 0.2) is 5.96 Å². The average molecular weight is 558 g/mol. The number of anilines is 1. The van der Waals surface area contributed by atoms with Gasteiger partial charge in [-0.3, -0.25) is 9.69 Å². The minimum Gasteiger partial charge on any atom is -0.379 e. The zero-order valence-corrected chi connectivity index (χ0v) is 22.0. The fourth-order valence-corrected chi connectivity index (χ4v) is 4.17. The van der Waals surface area contributed by atoms with Crippen molar-refractivity contribution < 1.29 is 9.53 Å². The first-order valence-electron chi connectivity index (χ1n) is 11.8. The number of hydrogen-bond donors (Lipinski definition) is 3. The van der Waals surface area contributed by atoms with Crippen LogP contribution in [0.3, 0.4) is 0 Å². The van der Waals surface area contributed by atoms with Crippen LogP contribution in [-0.4, -0.2) is 62.7 Å². The third kappa shape index (κ3) is 8.51. The van der Waals surface area contributed by atoms with E-state index in [0.29, 0.717) is 18.4 Å². The summed E-state index contributed by atoms with van der Waals surface area (Å²) in [6, 6.07) is 7.98.